The van der Waals surface area contributed by atoms with Crippen molar-refractivity contribution in [1.29, 1.82) is 0 Å². The van der Waals surface area contributed by atoms with Gasteiger partial charge in [-0.1, -0.05) is 24.3 Å². The number of allylic oxidation sites excluding steroid dienone is 2. The maximum Gasteiger partial charge on any atom is 0.0864 e. The average molecular weight is 288 g/mol. The molecule has 2 aromatic carbocycles. The van der Waals surface area contributed by atoms with Crippen LogP contribution >= 0.6 is 0 Å². The number of anilines is 2. The maximum atomic E-state index is 4.45. The molecule has 22 heavy (non-hydrogen) atoms. The van der Waals surface area contributed by atoms with Crippen molar-refractivity contribution in [2.24, 2.45) is 9.98 Å². The van der Waals surface area contributed by atoms with E-state index in [1.165, 1.54) is 0 Å². The summed E-state index contributed by atoms with van der Waals surface area (Å²) in [4.78, 5) is 8.90. The van der Waals surface area contributed by atoms with E-state index >= 15 is 0 Å². The molecule has 2 aromatic rings. The van der Waals surface area contributed by atoms with E-state index in [-0.39, 0.29) is 0 Å². The summed E-state index contributed by atoms with van der Waals surface area (Å²) in [5.41, 5.74) is 3.65. The second kappa shape index (κ2) is 7.04. The van der Waals surface area contributed by atoms with Gasteiger partial charge in [-0.05, 0) is 36.4 Å². The monoisotopic (exact) mass is 288 g/mol. The third kappa shape index (κ3) is 3.49. The van der Waals surface area contributed by atoms with Crippen LogP contribution in [0.3, 0.4) is 0 Å². The van der Waals surface area contributed by atoms with Crippen LogP contribution in [0, 0.1) is 0 Å². The predicted octanol–water partition coefficient (Wildman–Crippen LogP) is 4.66. The van der Waals surface area contributed by atoms with Gasteiger partial charge in [-0.25, -0.2) is 0 Å². The predicted molar refractivity (Wildman–Crippen MR) is 94.7 cm³/mol. The van der Waals surface area contributed by atoms with Gasteiger partial charge in [-0.15, -0.1) is 0 Å². The van der Waals surface area contributed by atoms with Gasteiger partial charge in [-0.2, -0.15) is 0 Å². The van der Waals surface area contributed by atoms with E-state index in [0.29, 0.717) is 0 Å². The van der Waals surface area contributed by atoms with Crippen molar-refractivity contribution >= 4 is 35.2 Å². The van der Waals surface area contributed by atoms with Crippen LogP contribution in [0.25, 0.3) is 0 Å². The first kappa shape index (κ1) is 13.8. The summed E-state index contributed by atoms with van der Waals surface area (Å²) < 4.78 is 0. The van der Waals surface area contributed by atoms with Crippen LogP contribution in [0.4, 0.5) is 22.7 Å². The second-order valence-electron chi connectivity index (χ2n) is 4.60. The summed E-state index contributed by atoms with van der Waals surface area (Å²) in [7, 11) is 0. The lowest BCUT2D eigenvalue weighted by Gasteiger charge is -2.05. The summed E-state index contributed by atoms with van der Waals surface area (Å²) in [5, 5.41) is 6.43. The fourth-order valence-corrected chi connectivity index (χ4v) is 2.03. The lowest BCUT2D eigenvalue weighted by molar-refractivity contribution is 1.48. The standard InChI is InChI=1S/C18H16N4/c1-2-8-16-15(7-1)19-11-5-13-21-17-9-3-4-10-18(17)22-14-6-12-20-16/h1-14,19,22H/b11-5-,14-6-,20-12?,21-13?. The zero-order valence-electron chi connectivity index (χ0n) is 12.0. The average Bonchev–Trinajstić information content (AvgIpc) is 2.56. The first-order valence-electron chi connectivity index (χ1n) is 7.03. The quantitative estimate of drug-likeness (QED) is 0.741. The van der Waals surface area contributed by atoms with Gasteiger partial charge >= 0.3 is 0 Å². The van der Waals surface area contributed by atoms with Gasteiger partial charge in [0.25, 0.3) is 0 Å². The summed E-state index contributed by atoms with van der Waals surface area (Å²) >= 11 is 0. The van der Waals surface area contributed by atoms with Gasteiger partial charge in [0.05, 0.1) is 22.7 Å². The molecule has 0 spiro atoms. The summed E-state index contributed by atoms with van der Waals surface area (Å²) in [6, 6.07) is 15.8. The molecule has 1 aliphatic rings. The Kier molecular flexibility index (Phi) is 4.42. The van der Waals surface area contributed by atoms with Gasteiger partial charge in [0.15, 0.2) is 0 Å². The topological polar surface area (TPSA) is 48.8 Å². The number of hydrogen-bond acceptors (Lipinski definition) is 4. The van der Waals surface area contributed by atoms with Crippen LogP contribution in [-0.4, -0.2) is 12.4 Å². The summed E-state index contributed by atoms with van der Waals surface area (Å²) in [6.45, 7) is 0. The molecule has 4 nitrogen and oxygen atoms in total. The molecule has 0 aromatic heterocycles. The van der Waals surface area contributed by atoms with Gasteiger partial charge in [0.2, 0.25) is 0 Å². The number of rotatable bonds is 0. The van der Waals surface area contributed by atoms with Crippen LogP contribution < -0.4 is 10.6 Å². The van der Waals surface area contributed by atoms with Crippen molar-refractivity contribution in [2.75, 3.05) is 10.6 Å². The molecule has 0 atom stereocenters. The van der Waals surface area contributed by atoms with E-state index in [1.54, 1.807) is 12.4 Å². The third-order valence-corrected chi connectivity index (χ3v) is 3.08. The van der Waals surface area contributed by atoms with E-state index in [1.807, 2.05) is 73.1 Å². The normalized spacial score (nSPS) is 16.4. The zero-order chi connectivity index (χ0) is 15.0. The third-order valence-electron chi connectivity index (χ3n) is 3.08. The minimum atomic E-state index is 0.881. The summed E-state index contributed by atoms with van der Waals surface area (Å²) in [5.74, 6) is 0. The number of hydrogen-bond donors (Lipinski definition) is 2. The molecule has 0 saturated heterocycles. The van der Waals surface area contributed by atoms with Crippen molar-refractivity contribution in [1.82, 2.24) is 0 Å². The Balaban J connectivity index is 1.92. The Morgan fingerprint density at radius 3 is 1.55 bits per heavy atom. The van der Waals surface area contributed by atoms with Gasteiger partial charge in [0.1, 0.15) is 0 Å². The Morgan fingerprint density at radius 1 is 0.591 bits per heavy atom. The molecule has 1 heterocycles. The van der Waals surface area contributed by atoms with Crippen LogP contribution in [0.5, 0.6) is 0 Å². The van der Waals surface area contributed by atoms with E-state index in [9.17, 15) is 0 Å². The zero-order valence-corrected chi connectivity index (χ0v) is 12.0. The van der Waals surface area contributed by atoms with Crippen LogP contribution in [0.2, 0.25) is 0 Å². The van der Waals surface area contributed by atoms with E-state index in [0.717, 1.165) is 22.7 Å². The molecule has 3 rings (SSSR count). The molecule has 0 fully saturated rings. The molecule has 2 N–H and O–H groups in total. The van der Waals surface area contributed by atoms with E-state index < -0.39 is 0 Å². The highest BCUT2D eigenvalue weighted by Gasteiger charge is 1.97. The fraction of sp³-hybridized carbons (Fsp3) is 0. The molecule has 1 aliphatic heterocycles. The highest BCUT2D eigenvalue weighted by atomic mass is 14.9. The smallest absolute Gasteiger partial charge is 0.0864 e. The van der Waals surface area contributed by atoms with Crippen molar-refractivity contribution in [2.45, 2.75) is 0 Å². The van der Waals surface area contributed by atoms with Gasteiger partial charge in [-0.3, -0.25) is 9.98 Å². The van der Waals surface area contributed by atoms with Crippen molar-refractivity contribution < 1.29 is 0 Å². The first-order valence-corrected chi connectivity index (χ1v) is 7.03. The lowest BCUT2D eigenvalue weighted by Crippen LogP contribution is -1.90. The minimum absolute atomic E-state index is 0.881. The molecular formula is C18H16N4. The Bertz CT molecular complexity index is 692. The van der Waals surface area contributed by atoms with Crippen molar-refractivity contribution in [3.8, 4) is 0 Å². The molecular weight excluding hydrogens is 272 g/mol. The maximum absolute atomic E-state index is 4.45. The number of fused-ring (bicyclic) bond motifs is 2. The number of benzene rings is 2. The molecule has 108 valence electrons. The number of para-hydroxylation sites is 4. The van der Waals surface area contributed by atoms with Crippen molar-refractivity contribution in [3.63, 3.8) is 0 Å². The van der Waals surface area contributed by atoms with Crippen molar-refractivity contribution in [3.05, 3.63) is 73.1 Å². The molecule has 4 heteroatoms. The van der Waals surface area contributed by atoms with Crippen LogP contribution in [-0.2, 0) is 0 Å². The first-order chi connectivity index (χ1) is 10.9. The molecule has 0 aliphatic carbocycles. The molecule has 0 bridgehead atoms. The second-order valence-corrected chi connectivity index (χ2v) is 4.60. The number of nitrogens with zero attached hydrogens (tertiary/aromatic N) is 2. The largest absolute Gasteiger partial charge is 0.360 e. The van der Waals surface area contributed by atoms with E-state index in [2.05, 4.69) is 20.6 Å². The van der Waals surface area contributed by atoms with Crippen LogP contribution in [0.1, 0.15) is 0 Å². The molecule has 0 radical (unpaired) electrons. The highest BCUT2D eigenvalue weighted by molar-refractivity contribution is 5.82. The Labute approximate surface area is 129 Å². The van der Waals surface area contributed by atoms with Gasteiger partial charge in [0, 0.05) is 24.8 Å². The number of aliphatic imine (C=N–C) groups is 2. The minimum Gasteiger partial charge on any atom is -0.360 e. The lowest BCUT2D eigenvalue weighted by atomic mass is 10.2. The molecule has 0 amide bonds. The Hall–Kier alpha value is -3.14. The SMILES string of the molecule is C1=Nc2ccccc2N/C=C\C=Nc2ccccc2N/C=C\1. The summed E-state index contributed by atoms with van der Waals surface area (Å²) in [6.07, 6.45) is 10.9. The number of nitrogens with one attached hydrogen (secondary N) is 2. The Morgan fingerprint density at radius 2 is 1.05 bits per heavy atom. The van der Waals surface area contributed by atoms with E-state index in [4.69, 9.17) is 0 Å². The molecule has 0 unspecified atom stereocenters. The highest BCUT2D eigenvalue weighted by Crippen LogP contribution is 2.25. The molecule has 0 saturated carbocycles. The van der Waals surface area contributed by atoms with Gasteiger partial charge < -0.3 is 10.6 Å². The van der Waals surface area contributed by atoms with Crippen LogP contribution in [0.15, 0.2) is 83.1 Å². The fourth-order valence-electron chi connectivity index (χ4n) is 2.03.